The Morgan fingerprint density at radius 1 is 1.04 bits per heavy atom. The van der Waals surface area contributed by atoms with E-state index in [1.165, 1.54) is 12.1 Å². The number of nitrogens with zero attached hydrogens (tertiary/aromatic N) is 2. The van der Waals surface area contributed by atoms with Crippen LogP contribution in [0.25, 0.3) is 11.3 Å². The summed E-state index contributed by atoms with van der Waals surface area (Å²) in [4.78, 5) is 8.81. The van der Waals surface area contributed by atoms with Gasteiger partial charge < -0.3 is 15.7 Å². The minimum Gasteiger partial charge on any atom is -0.395 e. The highest BCUT2D eigenvalue weighted by Crippen LogP contribution is 2.28. The summed E-state index contributed by atoms with van der Waals surface area (Å²) in [5.74, 6) is 0.465. The molecule has 2 aromatic carbocycles. The van der Waals surface area contributed by atoms with Gasteiger partial charge in [0.15, 0.2) is 0 Å². The molecule has 0 fully saturated rings. The fraction of sp³-hybridized carbons (Fsp3) is 0.111. The molecule has 3 aromatic rings. The van der Waals surface area contributed by atoms with Crippen LogP contribution >= 0.6 is 11.6 Å². The van der Waals surface area contributed by atoms with Gasteiger partial charge in [0.2, 0.25) is 5.95 Å². The van der Waals surface area contributed by atoms with Crippen molar-refractivity contribution in [3.05, 3.63) is 65.4 Å². The molecule has 0 amide bonds. The highest BCUT2D eigenvalue weighted by atomic mass is 35.5. The minimum atomic E-state index is -0.409. The number of anilines is 3. The summed E-state index contributed by atoms with van der Waals surface area (Å²) >= 11 is 6.07. The summed E-state index contributed by atoms with van der Waals surface area (Å²) in [6.45, 7) is 0.292. The number of nitrogens with one attached hydrogen (secondary N) is 2. The van der Waals surface area contributed by atoms with Crippen molar-refractivity contribution in [1.82, 2.24) is 9.97 Å². The molecule has 0 unspecified atom stereocenters. The molecule has 128 valence electrons. The fourth-order valence-electron chi connectivity index (χ4n) is 2.24. The second-order valence-electron chi connectivity index (χ2n) is 5.23. The van der Waals surface area contributed by atoms with Crippen molar-refractivity contribution >= 4 is 29.1 Å². The van der Waals surface area contributed by atoms with Crippen LogP contribution in [0, 0.1) is 5.82 Å². The zero-order chi connectivity index (χ0) is 17.6. The second-order valence-corrected chi connectivity index (χ2v) is 5.63. The van der Waals surface area contributed by atoms with E-state index < -0.39 is 5.82 Å². The molecule has 0 aliphatic heterocycles. The summed E-state index contributed by atoms with van der Waals surface area (Å²) in [6.07, 6.45) is 0. The van der Waals surface area contributed by atoms with Gasteiger partial charge in [0.05, 0.1) is 23.0 Å². The summed E-state index contributed by atoms with van der Waals surface area (Å²) in [5.41, 5.74) is 2.16. The van der Waals surface area contributed by atoms with E-state index >= 15 is 0 Å². The van der Waals surface area contributed by atoms with Gasteiger partial charge >= 0.3 is 0 Å². The molecule has 5 nitrogen and oxygen atoms in total. The molecule has 0 saturated carbocycles. The summed E-state index contributed by atoms with van der Waals surface area (Å²) < 4.78 is 13.2. The topological polar surface area (TPSA) is 70.1 Å². The molecule has 0 spiro atoms. The minimum absolute atomic E-state index is 0.0362. The lowest BCUT2D eigenvalue weighted by molar-refractivity contribution is 0.311. The van der Waals surface area contributed by atoms with E-state index in [1.54, 1.807) is 12.1 Å². The molecule has 25 heavy (non-hydrogen) atoms. The summed E-state index contributed by atoms with van der Waals surface area (Å²) in [6, 6.07) is 15.5. The third-order valence-electron chi connectivity index (χ3n) is 3.38. The smallest absolute Gasteiger partial charge is 0.225 e. The van der Waals surface area contributed by atoms with Gasteiger partial charge in [0.25, 0.3) is 0 Å². The number of hydrogen-bond acceptors (Lipinski definition) is 5. The van der Waals surface area contributed by atoms with Crippen LogP contribution in [-0.2, 0) is 0 Å². The van der Waals surface area contributed by atoms with E-state index in [4.69, 9.17) is 16.7 Å². The second kappa shape index (κ2) is 7.92. The van der Waals surface area contributed by atoms with Crippen LogP contribution in [0.4, 0.5) is 21.8 Å². The molecule has 0 atom stereocenters. The van der Waals surface area contributed by atoms with Gasteiger partial charge in [-0.2, -0.15) is 4.98 Å². The first-order valence-electron chi connectivity index (χ1n) is 7.67. The third kappa shape index (κ3) is 4.43. The first kappa shape index (κ1) is 17.1. The molecule has 3 rings (SSSR count). The highest BCUT2D eigenvalue weighted by molar-refractivity contribution is 6.33. The maximum Gasteiger partial charge on any atom is 0.225 e. The third-order valence-corrected chi connectivity index (χ3v) is 3.70. The van der Waals surface area contributed by atoms with Crippen molar-refractivity contribution in [1.29, 1.82) is 0 Å². The predicted octanol–water partition coefficient (Wildman–Crippen LogP) is 4.08. The van der Waals surface area contributed by atoms with Crippen LogP contribution in [0.5, 0.6) is 0 Å². The fourth-order valence-corrected chi connectivity index (χ4v) is 2.46. The number of aliphatic hydroxyl groups is 1. The van der Waals surface area contributed by atoms with Crippen molar-refractivity contribution in [2.75, 3.05) is 23.8 Å². The Kier molecular flexibility index (Phi) is 5.42. The number of aromatic nitrogens is 2. The van der Waals surface area contributed by atoms with Gasteiger partial charge in [-0.15, -0.1) is 0 Å². The number of rotatable bonds is 6. The highest BCUT2D eigenvalue weighted by Gasteiger charge is 2.09. The van der Waals surface area contributed by atoms with Gasteiger partial charge in [-0.1, -0.05) is 41.9 Å². The van der Waals surface area contributed by atoms with E-state index in [0.717, 1.165) is 5.56 Å². The van der Waals surface area contributed by atoms with Crippen LogP contribution in [0.15, 0.2) is 54.6 Å². The van der Waals surface area contributed by atoms with Crippen molar-refractivity contribution < 1.29 is 9.50 Å². The monoisotopic (exact) mass is 358 g/mol. The van der Waals surface area contributed by atoms with Crippen LogP contribution in [0.2, 0.25) is 5.02 Å². The van der Waals surface area contributed by atoms with Gasteiger partial charge in [-0.05, 0) is 18.2 Å². The lowest BCUT2D eigenvalue weighted by Gasteiger charge is -2.12. The Bertz CT molecular complexity index is 861. The lowest BCUT2D eigenvalue weighted by Crippen LogP contribution is -2.10. The van der Waals surface area contributed by atoms with Crippen LogP contribution in [0.1, 0.15) is 0 Å². The summed E-state index contributed by atoms with van der Waals surface area (Å²) in [7, 11) is 0. The molecule has 1 heterocycles. The van der Waals surface area contributed by atoms with E-state index in [-0.39, 0.29) is 11.6 Å². The molecule has 0 bridgehead atoms. The van der Waals surface area contributed by atoms with E-state index in [9.17, 15) is 4.39 Å². The van der Waals surface area contributed by atoms with E-state index in [0.29, 0.717) is 29.7 Å². The van der Waals surface area contributed by atoms with Crippen molar-refractivity contribution in [3.8, 4) is 11.3 Å². The quantitative estimate of drug-likeness (QED) is 0.619. The maximum atomic E-state index is 13.2. The van der Waals surface area contributed by atoms with Gasteiger partial charge in [0, 0.05) is 18.2 Å². The van der Waals surface area contributed by atoms with E-state index in [1.807, 2.05) is 30.3 Å². The zero-order valence-electron chi connectivity index (χ0n) is 13.2. The predicted molar refractivity (Wildman–Crippen MR) is 97.7 cm³/mol. The number of aliphatic hydroxyl groups excluding tert-OH is 1. The Labute approximate surface area is 149 Å². The first-order chi connectivity index (χ1) is 12.2. The summed E-state index contributed by atoms with van der Waals surface area (Å²) in [5, 5.41) is 15.3. The average Bonchev–Trinajstić information content (AvgIpc) is 2.63. The standard InChI is InChI=1S/C18H16ClFN4O/c19-14-10-13(20)6-7-15(14)22-17-11-16(12-4-2-1-3-5-12)23-18(24-17)21-8-9-25/h1-7,10-11,25H,8-9H2,(H2,21,22,23,24). The SMILES string of the molecule is OCCNc1nc(Nc2ccc(F)cc2Cl)cc(-c2ccccc2)n1. The normalized spacial score (nSPS) is 10.5. The molecular formula is C18H16ClFN4O. The van der Waals surface area contributed by atoms with Gasteiger partial charge in [-0.3, -0.25) is 0 Å². The average molecular weight is 359 g/mol. The van der Waals surface area contributed by atoms with Crippen molar-refractivity contribution in [2.24, 2.45) is 0 Å². The van der Waals surface area contributed by atoms with Crippen molar-refractivity contribution in [2.45, 2.75) is 0 Å². The Morgan fingerprint density at radius 2 is 1.84 bits per heavy atom. The number of halogens is 2. The Hall–Kier alpha value is -2.70. The first-order valence-corrected chi connectivity index (χ1v) is 8.05. The Balaban J connectivity index is 1.96. The molecule has 0 saturated heterocycles. The van der Waals surface area contributed by atoms with Crippen LogP contribution < -0.4 is 10.6 Å². The molecule has 3 N–H and O–H groups in total. The maximum absolute atomic E-state index is 13.2. The number of benzene rings is 2. The van der Waals surface area contributed by atoms with Crippen LogP contribution in [-0.4, -0.2) is 28.2 Å². The molecule has 7 heteroatoms. The van der Waals surface area contributed by atoms with Gasteiger partial charge in [0.1, 0.15) is 11.6 Å². The van der Waals surface area contributed by atoms with E-state index in [2.05, 4.69) is 20.6 Å². The molecular weight excluding hydrogens is 343 g/mol. The van der Waals surface area contributed by atoms with Crippen molar-refractivity contribution in [3.63, 3.8) is 0 Å². The molecule has 0 aliphatic carbocycles. The van der Waals surface area contributed by atoms with Crippen LogP contribution in [0.3, 0.4) is 0 Å². The molecule has 0 aliphatic rings. The van der Waals surface area contributed by atoms with Gasteiger partial charge in [-0.25, -0.2) is 9.37 Å². The number of hydrogen-bond donors (Lipinski definition) is 3. The molecule has 1 aromatic heterocycles. The zero-order valence-corrected chi connectivity index (χ0v) is 14.0. The molecule has 0 radical (unpaired) electrons. The lowest BCUT2D eigenvalue weighted by atomic mass is 10.1. The largest absolute Gasteiger partial charge is 0.395 e. The Morgan fingerprint density at radius 3 is 2.56 bits per heavy atom.